The molecule has 172 valence electrons. The zero-order chi connectivity index (χ0) is 23.5. The molecule has 0 spiro atoms. The second kappa shape index (κ2) is 9.39. The number of pyridine rings is 1. The van der Waals surface area contributed by atoms with Crippen LogP contribution in [0.4, 0.5) is 0 Å². The second-order valence-corrected chi connectivity index (χ2v) is 8.25. The summed E-state index contributed by atoms with van der Waals surface area (Å²) >= 11 is 0. The van der Waals surface area contributed by atoms with Gasteiger partial charge in [-0.2, -0.15) is 0 Å². The van der Waals surface area contributed by atoms with Gasteiger partial charge < -0.3 is 18.9 Å². The van der Waals surface area contributed by atoms with E-state index in [-0.39, 0.29) is 6.79 Å². The molecule has 0 unspecified atom stereocenters. The standard InChI is InChI=1S/C30H23NO4/c1-3-9-21(10-4-1)18-32-29-24-13-7-8-14-25(24)31-30(33-19-22-11-5-2-6-12-22)28(29)23-15-16-26-27(17-23)35-20-34-26/h1-17H,18-20H2. The predicted molar refractivity (Wildman–Crippen MR) is 135 cm³/mol. The first-order valence-corrected chi connectivity index (χ1v) is 11.5. The van der Waals surface area contributed by atoms with Gasteiger partial charge in [-0.3, -0.25) is 0 Å². The average molecular weight is 462 g/mol. The minimum absolute atomic E-state index is 0.212. The molecule has 0 radical (unpaired) electrons. The van der Waals surface area contributed by atoms with E-state index in [1.165, 1.54) is 0 Å². The molecule has 0 saturated carbocycles. The van der Waals surface area contributed by atoms with Crippen molar-refractivity contribution in [2.75, 3.05) is 6.79 Å². The molecule has 35 heavy (non-hydrogen) atoms. The topological polar surface area (TPSA) is 49.8 Å². The molecule has 0 amide bonds. The van der Waals surface area contributed by atoms with Crippen LogP contribution in [0.15, 0.2) is 103 Å². The van der Waals surface area contributed by atoms with Gasteiger partial charge in [0, 0.05) is 5.39 Å². The molecule has 1 aromatic heterocycles. The number of rotatable bonds is 7. The van der Waals surface area contributed by atoms with Crippen molar-refractivity contribution >= 4 is 10.9 Å². The van der Waals surface area contributed by atoms with Crippen LogP contribution >= 0.6 is 0 Å². The molecular weight excluding hydrogens is 438 g/mol. The van der Waals surface area contributed by atoms with Gasteiger partial charge in [0.25, 0.3) is 0 Å². The summed E-state index contributed by atoms with van der Waals surface area (Å²) in [5, 5.41) is 0.920. The number of para-hydroxylation sites is 1. The summed E-state index contributed by atoms with van der Waals surface area (Å²) in [7, 11) is 0. The van der Waals surface area contributed by atoms with E-state index < -0.39 is 0 Å². The third kappa shape index (κ3) is 4.36. The van der Waals surface area contributed by atoms with Crippen LogP contribution in [0, 0.1) is 0 Å². The highest BCUT2D eigenvalue weighted by Crippen LogP contribution is 2.45. The Morgan fingerprint density at radius 3 is 2.09 bits per heavy atom. The Bertz CT molecular complexity index is 1470. The van der Waals surface area contributed by atoms with Crippen LogP contribution in [0.2, 0.25) is 0 Å². The van der Waals surface area contributed by atoms with E-state index in [1.54, 1.807) is 0 Å². The van der Waals surface area contributed by atoms with Crippen LogP contribution in [0.25, 0.3) is 22.0 Å². The summed E-state index contributed by atoms with van der Waals surface area (Å²) in [4.78, 5) is 4.90. The molecule has 5 nitrogen and oxygen atoms in total. The van der Waals surface area contributed by atoms with E-state index in [0.717, 1.165) is 44.7 Å². The van der Waals surface area contributed by atoms with E-state index in [0.29, 0.717) is 24.8 Å². The van der Waals surface area contributed by atoms with Crippen molar-refractivity contribution in [2.45, 2.75) is 13.2 Å². The highest BCUT2D eigenvalue weighted by atomic mass is 16.7. The van der Waals surface area contributed by atoms with Gasteiger partial charge >= 0.3 is 0 Å². The lowest BCUT2D eigenvalue weighted by atomic mass is 10.0. The zero-order valence-corrected chi connectivity index (χ0v) is 19.0. The summed E-state index contributed by atoms with van der Waals surface area (Å²) in [6.45, 7) is 1.02. The van der Waals surface area contributed by atoms with E-state index in [1.807, 2.05) is 91.0 Å². The summed E-state index contributed by atoms with van der Waals surface area (Å²) in [5.74, 6) is 2.65. The first kappa shape index (κ1) is 21.1. The molecule has 4 aromatic carbocycles. The highest BCUT2D eigenvalue weighted by Gasteiger charge is 2.23. The molecule has 0 fully saturated rings. The fourth-order valence-corrected chi connectivity index (χ4v) is 4.18. The van der Waals surface area contributed by atoms with Gasteiger partial charge in [0.15, 0.2) is 11.5 Å². The third-order valence-corrected chi connectivity index (χ3v) is 5.92. The Morgan fingerprint density at radius 1 is 0.657 bits per heavy atom. The Kier molecular flexibility index (Phi) is 5.65. The molecule has 1 aliphatic heterocycles. The SMILES string of the molecule is c1ccc(COc2nc3ccccc3c(OCc3ccccc3)c2-c2ccc3c(c2)OCO3)cc1. The summed E-state index contributed by atoms with van der Waals surface area (Å²) in [6.07, 6.45) is 0. The Balaban J connectivity index is 1.49. The summed E-state index contributed by atoms with van der Waals surface area (Å²) < 4.78 is 24.0. The molecule has 6 rings (SSSR count). The first-order valence-electron chi connectivity index (χ1n) is 11.5. The van der Waals surface area contributed by atoms with Gasteiger partial charge in [-0.05, 0) is 41.0 Å². The maximum absolute atomic E-state index is 6.51. The maximum Gasteiger partial charge on any atom is 0.231 e. The number of aromatic nitrogens is 1. The monoisotopic (exact) mass is 461 g/mol. The van der Waals surface area contributed by atoms with Crippen molar-refractivity contribution in [1.29, 1.82) is 0 Å². The largest absolute Gasteiger partial charge is 0.487 e. The smallest absolute Gasteiger partial charge is 0.231 e. The quantitative estimate of drug-likeness (QED) is 0.267. The molecule has 0 aliphatic carbocycles. The molecule has 1 aliphatic rings. The van der Waals surface area contributed by atoms with Gasteiger partial charge in [-0.25, -0.2) is 4.98 Å². The number of hydrogen-bond donors (Lipinski definition) is 0. The van der Waals surface area contributed by atoms with Crippen LogP contribution in [0.1, 0.15) is 11.1 Å². The van der Waals surface area contributed by atoms with Gasteiger partial charge in [-0.15, -0.1) is 0 Å². The van der Waals surface area contributed by atoms with E-state index in [4.69, 9.17) is 23.9 Å². The maximum atomic E-state index is 6.51. The van der Waals surface area contributed by atoms with Crippen molar-refractivity contribution in [3.05, 3.63) is 114 Å². The minimum atomic E-state index is 0.212. The molecule has 0 atom stereocenters. The fraction of sp³-hybridized carbons (Fsp3) is 0.100. The van der Waals surface area contributed by atoms with Gasteiger partial charge in [0.05, 0.1) is 11.1 Å². The van der Waals surface area contributed by atoms with Crippen molar-refractivity contribution in [3.63, 3.8) is 0 Å². The molecule has 0 saturated heterocycles. The Hall–Kier alpha value is -4.51. The zero-order valence-electron chi connectivity index (χ0n) is 19.0. The molecular formula is C30H23NO4. The summed E-state index contributed by atoms with van der Waals surface area (Å²) in [6, 6.07) is 34.0. The Labute approximate surface area is 203 Å². The highest BCUT2D eigenvalue weighted by molar-refractivity contribution is 5.95. The van der Waals surface area contributed by atoms with Crippen LogP contribution in [-0.4, -0.2) is 11.8 Å². The number of ether oxygens (including phenoxy) is 4. The number of nitrogens with zero attached hydrogens (tertiary/aromatic N) is 1. The number of hydrogen-bond acceptors (Lipinski definition) is 5. The number of benzene rings is 4. The summed E-state index contributed by atoms with van der Waals surface area (Å²) in [5.41, 5.74) is 4.62. The van der Waals surface area contributed by atoms with Gasteiger partial charge in [0.1, 0.15) is 19.0 Å². The fourth-order valence-electron chi connectivity index (χ4n) is 4.18. The van der Waals surface area contributed by atoms with Gasteiger partial charge in [0.2, 0.25) is 12.7 Å². The molecule has 5 heteroatoms. The van der Waals surface area contributed by atoms with E-state index >= 15 is 0 Å². The predicted octanol–water partition coefficient (Wildman–Crippen LogP) is 6.79. The Morgan fingerprint density at radius 2 is 1.31 bits per heavy atom. The van der Waals surface area contributed by atoms with Crippen LogP contribution < -0.4 is 18.9 Å². The molecule has 5 aromatic rings. The lowest BCUT2D eigenvalue weighted by Gasteiger charge is -2.19. The first-order chi connectivity index (χ1) is 17.3. The van der Waals surface area contributed by atoms with Crippen molar-refractivity contribution in [2.24, 2.45) is 0 Å². The van der Waals surface area contributed by atoms with Crippen LogP contribution in [-0.2, 0) is 13.2 Å². The average Bonchev–Trinajstić information content (AvgIpc) is 3.39. The second-order valence-electron chi connectivity index (χ2n) is 8.25. The van der Waals surface area contributed by atoms with Gasteiger partial charge in [-0.1, -0.05) is 78.9 Å². The van der Waals surface area contributed by atoms with Crippen molar-refractivity contribution < 1.29 is 18.9 Å². The molecule has 0 N–H and O–H groups in total. The lowest BCUT2D eigenvalue weighted by Crippen LogP contribution is -2.04. The van der Waals surface area contributed by atoms with Crippen molar-refractivity contribution in [1.82, 2.24) is 4.98 Å². The van der Waals surface area contributed by atoms with Crippen LogP contribution in [0.5, 0.6) is 23.1 Å². The minimum Gasteiger partial charge on any atom is -0.487 e. The third-order valence-electron chi connectivity index (χ3n) is 5.92. The van der Waals surface area contributed by atoms with Crippen molar-refractivity contribution in [3.8, 4) is 34.3 Å². The lowest BCUT2D eigenvalue weighted by molar-refractivity contribution is 0.174. The van der Waals surface area contributed by atoms with Crippen LogP contribution in [0.3, 0.4) is 0 Å². The number of fused-ring (bicyclic) bond motifs is 2. The molecule has 2 heterocycles. The normalized spacial score (nSPS) is 12.0. The van der Waals surface area contributed by atoms with E-state index in [2.05, 4.69) is 12.1 Å². The molecule has 0 bridgehead atoms. The van der Waals surface area contributed by atoms with E-state index in [9.17, 15) is 0 Å².